The molecule has 0 aliphatic carbocycles. The average molecular weight is 319 g/mol. The van der Waals surface area contributed by atoms with Crippen molar-refractivity contribution in [1.29, 1.82) is 0 Å². The van der Waals surface area contributed by atoms with E-state index in [1.54, 1.807) is 12.1 Å². The molecule has 0 saturated carbocycles. The molecule has 0 bridgehead atoms. The Kier molecular flexibility index (Phi) is 7.13. The number of amides is 1. The molecule has 0 radical (unpaired) electrons. The fraction of sp³-hybridized carbons (Fsp3) is 0.500. The molecule has 112 valence electrons. The minimum Gasteiger partial charge on any atom is -0.482 e. The molecular weight excluding hydrogens is 299 g/mol. The van der Waals surface area contributed by atoms with Crippen LogP contribution in [0.25, 0.3) is 0 Å². The van der Waals surface area contributed by atoms with E-state index in [-0.39, 0.29) is 12.5 Å². The van der Waals surface area contributed by atoms with Gasteiger partial charge in [0.25, 0.3) is 5.91 Å². The predicted octanol–water partition coefficient (Wildman–Crippen LogP) is 2.65. The Morgan fingerprint density at radius 2 is 2.10 bits per heavy atom. The highest BCUT2D eigenvalue weighted by molar-refractivity contribution is 6.35. The monoisotopic (exact) mass is 318 g/mol. The summed E-state index contributed by atoms with van der Waals surface area (Å²) in [5.41, 5.74) is 6.35. The summed E-state index contributed by atoms with van der Waals surface area (Å²) in [6.45, 7) is 5.04. The largest absolute Gasteiger partial charge is 0.482 e. The van der Waals surface area contributed by atoms with Gasteiger partial charge in [-0.3, -0.25) is 4.79 Å². The lowest BCUT2D eigenvalue weighted by molar-refractivity contribution is -0.123. The van der Waals surface area contributed by atoms with Crippen molar-refractivity contribution in [2.75, 3.05) is 19.7 Å². The van der Waals surface area contributed by atoms with Crippen molar-refractivity contribution in [3.05, 3.63) is 27.7 Å². The maximum absolute atomic E-state index is 11.6. The molecule has 0 heterocycles. The van der Waals surface area contributed by atoms with E-state index in [1.165, 1.54) is 0 Å². The van der Waals surface area contributed by atoms with Crippen LogP contribution >= 0.6 is 23.2 Å². The number of hydrogen-bond donors (Lipinski definition) is 2. The molecule has 0 saturated heterocycles. The SMILES string of the molecule is CC(C)CNC(=O)COc1c(Cl)cc(Cl)cc1CCN. The average Bonchev–Trinajstić information content (AvgIpc) is 2.35. The zero-order valence-electron chi connectivity index (χ0n) is 11.7. The van der Waals surface area contributed by atoms with Gasteiger partial charge in [-0.15, -0.1) is 0 Å². The van der Waals surface area contributed by atoms with Crippen LogP contribution in [0.4, 0.5) is 0 Å². The van der Waals surface area contributed by atoms with E-state index < -0.39 is 0 Å². The summed E-state index contributed by atoms with van der Waals surface area (Å²) in [6.07, 6.45) is 0.587. The van der Waals surface area contributed by atoms with Crippen LogP contribution in [0.5, 0.6) is 5.75 Å². The van der Waals surface area contributed by atoms with E-state index in [0.717, 1.165) is 5.56 Å². The topological polar surface area (TPSA) is 64.3 Å². The number of carbonyl (C=O) groups is 1. The lowest BCUT2D eigenvalue weighted by atomic mass is 10.1. The predicted molar refractivity (Wildman–Crippen MR) is 82.6 cm³/mol. The van der Waals surface area contributed by atoms with Crippen LogP contribution in [-0.4, -0.2) is 25.6 Å². The molecule has 0 atom stereocenters. The first-order valence-electron chi connectivity index (χ1n) is 6.51. The Morgan fingerprint density at radius 3 is 2.70 bits per heavy atom. The Balaban J connectivity index is 2.69. The van der Waals surface area contributed by atoms with Crippen molar-refractivity contribution < 1.29 is 9.53 Å². The standard InChI is InChI=1S/C14H20Cl2N2O2/c1-9(2)7-18-13(19)8-20-14-10(3-4-17)5-11(15)6-12(14)16/h5-6,9H,3-4,7-8,17H2,1-2H3,(H,18,19). The molecule has 6 heteroatoms. The Bertz CT molecular complexity index is 465. The number of benzene rings is 1. The van der Waals surface area contributed by atoms with Crippen LogP contribution in [0.2, 0.25) is 10.0 Å². The van der Waals surface area contributed by atoms with Crippen LogP contribution < -0.4 is 15.8 Å². The molecule has 0 aliphatic rings. The summed E-state index contributed by atoms with van der Waals surface area (Å²) in [7, 11) is 0. The van der Waals surface area contributed by atoms with Crippen molar-refractivity contribution >= 4 is 29.1 Å². The Hall–Kier alpha value is -0.970. The molecular formula is C14H20Cl2N2O2. The van der Waals surface area contributed by atoms with Crippen molar-refractivity contribution in [2.24, 2.45) is 11.7 Å². The van der Waals surface area contributed by atoms with Crippen LogP contribution in [0.1, 0.15) is 19.4 Å². The molecule has 0 spiro atoms. The zero-order chi connectivity index (χ0) is 15.1. The summed E-state index contributed by atoms with van der Waals surface area (Å²) in [4.78, 5) is 11.6. The Labute approximate surface area is 129 Å². The van der Waals surface area contributed by atoms with Crippen LogP contribution in [0.15, 0.2) is 12.1 Å². The van der Waals surface area contributed by atoms with Crippen LogP contribution in [-0.2, 0) is 11.2 Å². The van der Waals surface area contributed by atoms with Crippen LogP contribution in [0.3, 0.4) is 0 Å². The van der Waals surface area contributed by atoms with E-state index in [2.05, 4.69) is 5.32 Å². The highest BCUT2D eigenvalue weighted by Crippen LogP contribution is 2.32. The summed E-state index contributed by atoms with van der Waals surface area (Å²) in [5.74, 6) is 0.690. The first-order valence-corrected chi connectivity index (χ1v) is 7.27. The Morgan fingerprint density at radius 1 is 1.40 bits per heavy atom. The highest BCUT2D eigenvalue weighted by Gasteiger charge is 2.12. The maximum Gasteiger partial charge on any atom is 0.257 e. The maximum atomic E-state index is 11.6. The third-order valence-corrected chi connectivity index (χ3v) is 3.05. The van der Waals surface area contributed by atoms with Crippen molar-refractivity contribution in [3.8, 4) is 5.75 Å². The number of nitrogens with two attached hydrogens (primary N) is 1. The van der Waals surface area contributed by atoms with Gasteiger partial charge in [0.15, 0.2) is 6.61 Å². The summed E-state index contributed by atoms with van der Waals surface area (Å²) < 4.78 is 5.51. The molecule has 0 fully saturated rings. The van der Waals surface area contributed by atoms with Gasteiger partial charge in [-0.1, -0.05) is 37.0 Å². The highest BCUT2D eigenvalue weighted by atomic mass is 35.5. The number of halogens is 2. The fourth-order valence-corrected chi connectivity index (χ4v) is 2.21. The molecule has 1 amide bonds. The second-order valence-corrected chi connectivity index (χ2v) is 5.74. The first kappa shape index (κ1) is 17.1. The summed E-state index contributed by atoms with van der Waals surface area (Å²) in [5, 5.41) is 3.69. The van der Waals surface area contributed by atoms with Gasteiger partial charge in [-0.25, -0.2) is 0 Å². The number of rotatable bonds is 7. The lowest BCUT2D eigenvalue weighted by Gasteiger charge is -2.14. The second-order valence-electron chi connectivity index (χ2n) is 4.90. The number of ether oxygens (including phenoxy) is 1. The van der Waals surface area contributed by atoms with E-state index >= 15 is 0 Å². The van der Waals surface area contributed by atoms with Crippen molar-refractivity contribution in [3.63, 3.8) is 0 Å². The van der Waals surface area contributed by atoms with Gasteiger partial charge in [0.1, 0.15) is 5.75 Å². The zero-order valence-corrected chi connectivity index (χ0v) is 13.2. The van der Waals surface area contributed by atoms with Gasteiger partial charge in [0, 0.05) is 11.6 Å². The smallest absolute Gasteiger partial charge is 0.257 e. The van der Waals surface area contributed by atoms with E-state index in [0.29, 0.717) is 41.2 Å². The molecule has 0 aromatic heterocycles. The van der Waals surface area contributed by atoms with Crippen LogP contribution in [0, 0.1) is 5.92 Å². The van der Waals surface area contributed by atoms with E-state index in [1.807, 2.05) is 13.8 Å². The third kappa shape index (κ3) is 5.57. The minimum atomic E-state index is -0.177. The number of carbonyl (C=O) groups excluding carboxylic acids is 1. The molecule has 1 rings (SSSR count). The number of hydrogen-bond acceptors (Lipinski definition) is 3. The van der Waals surface area contributed by atoms with Gasteiger partial charge in [-0.05, 0) is 36.6 Å². The number of nitrogens with one attached hydrogen (secondary N) is 1. The van der Waals surface area contributed by atoms with Gasteiger partial charge in [-0.2, -0.15) is 0 Å². The molecule has 20 heavy (non-hydrogen) atoms. The lowest BCUT2D eigenvalue weighted by Crippen LogP contribution is -2.31. The second kappa shape index (κ2) is 8.35. The van der Waals surface area contributed by atoms with E-state index in [9.17, 15) is 4.79 Å². The van der Waals surface area contributed by atoms with Crippen molar-refractivity contribution in [1.82, 2.24) is 5.32 Å². The fourth-order valence-electron chi connectivity index (χ4n) is 1.62. The molecule has 0 unspecified atom stereocenters. The van der Waals surface area contributed by atoms with Gasteiger partial charge in [0.2, 0.25) is 0 Å². The summed E-state index contributed by atoms with van der Waals surface area (Å²) >= 11 is 12.0. The normalized spacial score (nSPS) is 10.7. The van der Waals surface area contributed by atoms with Crippen molar-refractivity contribution in [2.45, 2.75) is 20.3 Å². The quantitative estimate of drug-likeness (QED) is 0.812. The minimum absolute atomic E-state index is 0.0777. The molecule has 1 aromatic carbocycles. The van der Waals surface area contributed by atoms with E-state index in [4.69, 9.17) is 33.7 Å². The molecule has 3 N–H and O–H groups in total. The third-order valence-electron chi connectivity index (χ3n) is 2.55. The molecule has 1 aromatic rings. The van der Waals surface area contributed by atoms with Gasteiger partial charge >= 0.3 is 0 Å². The van der Waals surface area contributed by atoms with Gasteiger partial charge in [0.05, 0.1) is 5.02 Å². The molecule has 4 nitrogen and oxygen atoms in total. The molecule has 0 aliphatic heterocycles. The van der Waals surface area contributed by atoms with Gasteiger partial charge < -0.3 is 15.8 Å². The summed E-state index contributed by atoms with van der Waals surface area (Å²) in [6, 6.07) is 3.34. The first-order chi connectivity index (χ1) is 9.43.